The van der Waals surface area contributed by atoms with Crippen LogP contribution in [0.5, 0.6) is 0 Å². The van der Waals surface area contributed by atoms with Crippen LogP contribution in [0.3, 0.4) is 0 Å². The number of pyridine rings is 1. The van der Waals surface area contributed by atoms with Crippen molar-refractivity contribution in [2.75, 3.05) is 0 Å². The molecule has 2 aromatic heterocycles. The lowest BCUT2D eigenvalue weighted by atomic mass is 9.81. The van der Waals surface area contributed by atoms with Gasteiger partial charge in [0, 0.05) is 11.2 Å². The Hall–Kier alpha value is -1.16. The summed E-state index contributed by atoms with van der Waals surface area (Å²) in [6, 6.07) is 4.06. The van der Waals surface area contributed by atoms with Crippen LogP contribution < -0.4 is 0 Å². The number of hydrogen-bond donors (Lipinski definition) is 1. The van der Waals surface area contributed by atoms with Gasteiger partial charge in [-0.1, -0.05) is 20.8 Å². The summed E-state index contributed by atoms with van der Waals surface area (Å²) in [4.78, 5) is 7.92. The van der Waals surface area contributed by atoms with E-state index < -0.39 is 0 Å². The molecule has 0 radical (unpaired) electrons. The summed E-state index contributed by atoms with van der Waals surface area (Å²) in [6.45, 7) is 13.2. The maximum Gasteiger partial charge on any atom is 0.179 e. The zero-order valence-corrected chi connectivity index (χ0v) is 13.5. The van der Waals surface area contributed by atoms with Crippen LogP contribution in [-0.2, 0) is 5.54 Å². The molecule has 0 saturated heterocycles. The molecule has 0 aliphatic rings. The van der Waals surface area contributed by atoms with Gasteiger partial charge < -0.3 is 4.98 Å². The minimum Gasteiger partial charge on any atom is -0.329 e. The summed E-state index contributed by atoms with van der Waals surface area (Å²) in [5.41, 5.74) is 3.17. The Labute approximate surface area is 120 Å². The van der Waals surface area contributed by atoms with Crippen molar-refractivity contribution in [3.8, 4) is 0 Å². The maximum absolute atomic E-state index is 5.50. The number of fused-ring (bicyclic) bond motifs is 1. The van der Waals surface area contributed by atoms with Crippen LogP contribution in [0.1, 0.15) is 46.7 Å². The maximum atomic E-state index is 5.50. The van der Waals surface area contributed by atoms with Gasteiger partial charge in [-0.15, -0.1) is 0 Å². The highest BCUT2D eigenvalue weighted by Crippen LogP contribution is 2.34. The van der Waals surface area contributed by atoms with E-state index in [1.54, 1.807) is 0 Å². The predicted molar refractivity (Wildman–Crippen MR) is 83.0 cm³/mol. The molecule has 2 rings (SSSR count). The molecule has 0 unspecified atom stereocenters. The summed E-state index contributed by atoms with van der Waals surface area (Å²) < 4.78 is 2.91. The zero-order chi connectivity index (χ0) is 14.4. The number of aromatic amines is 1. The molecule has 2 heterocycles. The van der Waals surface area contributed by atoms with E-state index in [-0.39, 0.29) is 11.0 Å². The number of imidazole rings is 1. The van der Waals surface area contributed by atoms with Crippen molar-refractivity contribution in [3.63, 3.8) is 0 Å². The quantitative estimate of drug-likeness (QED) is 0.816. The van der Waals surface area contributed by atoms with Crippen molar-refractivity contribution in [1.29, 1.82) is 0 Å². The monoisotopic (exact) mass is 277 g/mol. The van der Waals surface area contributed by atoms with Crippen molar-refractivity contribution in [2.24, 2.45) is 5.41 Å². The normalized spacial score (nSPS) is 13.2. The van der Waals surface area contributed by atoms with Gasteiger partial charge in [-0.2, -0.15) is 0 Å². The van der Waals surface area contributed by atoms with E-state index in [0.717, 1.165) is 28.0 Å². The lowest BCUT2D eigenvalue weighted by Crippen LogP contribution is -2.31. The summed E-state index contributed by atoms with van der Waals surface area (Å²) >= 11 is 5.50. The highest BCUT2D eigenvalue weighted by Gasteiger charge is 2.29. The zero-order valence-electron chi connectivity index (χ0n) is 12.7. The molecule has 0 aliphatic heterocycles. The average molecular weight is 277 g/mol. The second-order valence-corrected chi connectivity index (χ2v) is 7.53. The van der Waals surface area contributed by atoms with Crippen LogP contribution in [-0.4, -0.2) is 14.5 Å². The van der Waals surface area contributed by atoms with Crippen molar-refractivity contribution in [2.45, 2.75) is 53.5 Å². The van der Waals surface area contributed by atoms with E-state index in [9.17, 15) is 0 Å². The minimum atomic E-state index is -0.0611. The first-order valence-corrected chi connectivity index (χ1v) is 7.10. The molecule has 0 amide bonds. The third-order valence-corrected chi connectivity index (χ3v) is 3.52. The number of rotatable bonds is 2. The van der Waals surface area contributed by atoms with Crippen LogP contribution in [0, 0.1) is 17.1 Å². The SMILES string of the molecule is Cc1ccc2[nH]c(=S)n(C(C)(C)CC(C)(C)C)c2n1. The highest BCUT2D eigenvalue weighted by molar-refractivity contribution is 7.71. The minimum absolute atomic E-state index is 0.0611. The van der Waals surface area contributed by atoms with E-state index in [4.69, 9.17) is 12.2 Å². The van der Waals surface area contributed by atoms with Crippen molar-refractivity contribution >= 4 is 23.4 Å². The average Bonchev–Trinajstić information content (AvgIpc) is 2.49. The molecule has 0 fully saturated rings. The van der Waals surface area contributed by atoms with Gasteiger partial charge in [0.2, 0.25) is 0 Å². The van der Waals surface area contributed by atoms with E-state index in [1.807, 2.05) is 13.0 Å². The van der Waals surface area contributed by atoms with Gasteiger partial charge in [0.25, 0.3) is 0 Å². The Bertz CT molecular complexity index is 656. The third kappa shape index (κ3) is 2.89. The van der Waals surface area contributed by atoms with Gasteiger partial charge >= 0.3 is 0 Å². The van der Waals surface area contributed by atoms with Gasteiger partial charge in [-0.25, -0.2) is 4.98 Å². The Kier molecular flexibility index (Phi) is 3.33. The fourth-order valence-electron chi connectivity index (χ4n) is 3.02. The van der Waals surface area contributed by atoms with Gasteiger partial charge in [0.15, 0.2) is 10.4 Å². The molecule has 0 aromatic carbocycles. The molecule has 0 atom stereocenters. The Morgan fingerprint density at radius 3 is 2.42 bits per heavy atom. The van der Waals surface area contributed by atoms with Crippen LogP contribution in [0.15, 0.2) is 12.1 Å². The number of aryl methyl sites for hydroxylation is 1. The molecule has 0 bridgehead atoms. The molecule has 3 nitrogen and oxygen atoms in total. The molecule has 2 aromatic rings. The smallest absolute Gasteiger partial charge is 0.179 e. The standard InChI is InChI=1S/C15H23N3S/c1-10-7-8-11-12(16-10)18(13(19)17-11)15(5,6)9-14(2,3)4/h7-8H,9H2,1-6H3,(H,17,19). The molecule has 1 N–H and O–H groups in total. The highest BCUT2D eigenvalue weighted by atomic mass is 32.1. The van der Waals surface area contributed by atoms with Crippen LogP contribution in [0.4, 0.5) is 0 Å². The first-order chi connectivity index (χ1) is 8.60. The molecular weight excluding hydrogens is 254 g/mol. The van der Waals surface area contributed by atoms with Gasteiger partial charge in [-0.3, -0.25) is 4.57 Å². The first-order valence-electron chi connectivity index (χ1n) is 6.69. The summed E-state index contributed by atoms with van der Waals surface area (Å²) in [5, 5.41) is 0. The first kappa shape index (κ1) is 14.3. The summed E-state index contributed by atoms with van der Waals surface area (Å²) in [5.74, 6) is 0. The van der Waals surface area contributed by atoms with Crippen LogP contribution in [0.2, 0.25) is 0 Å². The van der Waals surface area contributed by atoms with Crippen molar-refractivity contribution in [3.05, 3.63) is 22.6 Å². The lowest BCUT2D eigenvalue weighted by Gasteiger charge is -2.33. The predicted octanol–water partition coefficient (Wildman–Crippen LogP) is 4.57. The second kappa shape index (κ2) is 4.44. The second-order valence-electron chi connectivity index (χ2n) is 7.14. The molecule has 4 heteroatoms. The van der Waals surface area contributed by atoms with Crippen LogP contribution >= 0.6 is 12.2 Å². The Balaban J connectivity index is 2.64. The molecule has 0 aliphatic carbocycles. The third-order valence-electron chi connectivity index (χ3n) is 3.24. The number of hydrogen-bond acceptors (Lipinski definition) is 2. The van der Waals surface area contributed by atoms with E-state index in [0.29, 0.717) is 0 Å². The van der Waals surface area contributed by atoms with E-state index in [2.05, 4.69) is 55.2 Å². The van der Waals surface area contributed by atoms with E-state index in [1.165, 1.54) is 0 Å². The number of nitrogens with one attached hydrogen (secondary N) is 1. The molecule has 0 spiro atoms. The molecule has 19 heavy (non-hydrogen) atoms. The number of nitrogens with zero attached hydrogens (tertiary/aromatic N) is 2. The fraction of sp³-hybridized carbons (Fsp3) is 0.600. The van der Waals surface area contributed by atoms with E-state index >= 15 is 0 Å². The summed E-state index contributed by atoms with van der Waals surface area (Å²) in [7, 11) is 0. The lowest BCUT2D eigenvalue weighted by molar-refractivity contribution is 0.217. The van der Waals surface area contributed by atoms with Crippen molar-refractivity contribution < 1.29 is 0 Å². The molecule has 0 saturated carbocycles. The molecular formula is C15H23N3S. The summed E-state index contributed by atoms with van der Waals surface area (Å²) in [6.07, 6.45) is 1.04. The largest absolute Gasteiger partial charge is 0.329 e. The van der Waals surface area contributed by atoms with Crippen LogP contribution in [0.25, 0.3) is 11.2 Å². The number of H-pyrrole nitrogens is 1. The van der Waals surface area contributed by atoms with Gasteiger partial charge in [0.05, 0.1) is 5.52 Å². The van der Waals surface area contributed by atoms with Gasteiger partial charge in [-0.05, 0) is 57.0 Å². The molecule has 104 valence electrons. The number of aromatic nitrogens is 3. The van der Waals surface area contributed by atoms with Gasteiger partial charge in [0.1, 0.15) is 0 Å². The Morgan fingerprint density at radius 1 is 1.21 bits per heavy atom. The Morgan fingerprint density at radius 2 is 1.84 bits per heavy atom. The van der Waals surface area contributed by atoms with Crippen molar-refractivity contribution in [1.82, 2.24) is 14.5 Å². The topological polar surface area (TPSA) is 33.6 Å². The fourth-order valence-corrected chi connectivity index (χ4v) is 3.46.